The van der Waals surface area contributed by atoms with Gasteiger partial charge in [0.05, 0.1) is 0 Å². The van der Waals surface area contributed by atoms with Crippen molar-refractivity contribution in [1.29, 1.82) is 0 Å². The van der Waals surface area contributed by atoms with Crippen molar-refractivity contribution in [2.75, 3.05) is 19.8 Å². The van der Waals surface area contributed by atoms with Crippen LogP contribution in [0.25, 0.3) is 12.2 Å². The molecule has 0 aliphatic heterocycles. The summed E-state index contributed by atoms with van der Waals surface area (Å²) in [5.74, 6) is 0.143. The molecule has 28 heavy (non-hydrogen) atoms. The van der Waals surface area contributed by atoms with E-state index >= 15 is 0 Å². The van der Waals surface area contributed by atoms with Crippen molar-refractivity contribution in [3.63, 3.8) is 0 Å². The van der Waals surface area contributed by atoms with Crippen molar-refractivity contribution in [3.8, 4) is 11.5 Å². The Balaban J connectivity index is 1.92. The average molecular weight is 380 g/mol. The van der Waals surface area contributed by atoms with Gasteiger partial charge in [-0.15, -0.1) is 0 Å². The number of hydrogen-bond donors (Lipinski definition) is 0. The molecular formula is C22H20O6. The fourth-order valence-electron chi connectivity index (χ4n) is 2.20. The third kappa shape index (κ3) is 7.29. The van der Waals surface area contributed by atoms with Crippen LogP contribution in [0.1, 0.15) is 11.1 Å². The Morgan fingerprint density at radius 2 is 1.50 bits per heavy atom. The van der Waals surface area contributed by atoms with E-state index in [0.29, 0.717) is 29.6 Å². The predicted molar refractivity (Wildman–Crippen MR) is 105 cm³/mol. The Kier molecular flexibility index (Phi) is 8.74. The molecule has 2 aromatic rings. The first-order valence-corrected chi connectivity index (χ1v) is 8.56. The maximum absolute atomic E-state index is 11.8. The van der Waals surface area contributed by atoms with Gasteiger partial charge in [-0.25, -0.2) is 4.79 Å². The molecule has 6 nitrogen and oxygen atoms in total. The summed E-state index contributed by atoms with van der Waals surface area (Å²) in [4.78, 5) is 32.8. The van der Waals surface area contributed by atoms with Gasteiger partial charge in [0.25, 0.3) is 0 Å². The number of carbonyl (C=O) groups is 3. The Morgan fingerprint density at radius 3 is 2.21 bits per heavy atom. The lowest BCUT2D eigenvalue weighted by Crippen LogP contribution is -2.03. The van der Waals surface area contributed by atoms with Crippen LogP contribution in [0.3, 0.4) is 0 Å². The molecular weight excluding hydrogens is 360 g/mol. The van der Waals surface area contributed by atoms with Crippen LogP contribution in [0.5, 0.6) is 11.5 Å². The zero-order valence-electron chi connectivity index (χ0n) is 15.2. The normalized spacial score (nSPS) is 10.7. The molecule has 0 atom stereocenters. The predicted octanol–water partition coefficient (Wildman–Crippen LogP) is 3.11. The highest BCUT2D eigenvalue weighted by atomic mass is 16.5. The second-order valence-corrected chi connectivity index (χ2v) is 5.44. The fourth-order valence-corrected chi connectivity index (χ4v) is 2.20. The number of aldehydes is 2. The molecule has 6 heteroatoms. The van der Waals surface area contributed by atoms with E-state index in [9.17, 15) is 14.4 Å². The maximum Gasteiger partial charge on any atom is 0.331 e. The van der Waals surface area contributed by atoms with E-state index in [-0.39, 0.29) is 19.8 Å². The third-order valence-electron chi connectivity index (χ3n) is 3.43. The van der Waals surface area contributed by atoms with Crippen molar-refractivity contribution in [1.82, 2.24) is 0 Å². The summed E-state index contributed by atoms with van der Waals surface area (Å²) < 4.78 is 15.6. The first-order valence-electron chi connectivity index (χ1n) is 8.56. The van der Waals surface area contributed by atoms with Gasteiger partial charge in [-0.1, -0.05) is 42.5 Å². The SMILES string of the molecule is O=CCOc1ccc(/C=C/C(=O)OC/C=C/c2ccccc2)cc1OCC=O. The highest BCUT2D eigenvalue weighted by Crippen LogP contribution is 2.28. The molecule has 2 rings (SSSR count). The number of carbonyl (C=O) groups excluding carboxylic acids is 3. The minimum Gasteiger partial charge on any atom is -0.482 e. The molecule has 0 spiro atoms. The number of ether oxygens (including phenoxy) is 3. The fraction of sp³-hybridized carbons (Fsp3) is 0.136. The Labute approximate surface area is 163 Å². The molecule has 0 aliphatic rings. The molecule has 0 fully saturated rings. The van der Waals surface area contributed by atoms with E-state index in [0.717, 1.165) is 5.56 Å². The van der Waals surface area contributed by atoms with Gasteiger partial charge in [-0.2, -0.15) is 0 Å². The van der Waals surface area contributed by atoms with Gasteiger partial charge in [0.15, 0.2) is 24.1 Å². The molecule has 0 saturated heterocycles. The van der Waals surface area contributed by atoms with Crippen molar-refractivity contribution >= 4 is 30.7 Å². The van der Waals surface area contributed by atoms with Gasteiger partial charge >= 0.3 is 5.97 Å². The minimum atomic E-state index is -0.491. The Morgan fingerprint density at radius 1 is 0.786 bits per heavy atom. The molecule has 144 valence electrons. The average Bonchev–Trinajstić information content (AvgIpc) is 2.73. The molecule has 0 radical (unpaired) electrons. The van der Waals surface area contributed by atoms with Gasteiger partial charge in [-0.05, 0) is 35.4 Å². The van der Waals surface area contributed by atoms with Crippen LogP contribution < -0.4 is 9.47 Å². The van der Waals surface area contributed by atoms with Crippen LogP contribution in [0, 0.1) is 0 Å². The van der Waals surface area contributed by atoms with E-state index in [1.807, 2.05) is 36.4 Å². The molecule has 0 heterocycles. The molecule has 0 N–H and O–H groups in total. The summed E-state index contributed by atoms with van der Waals surface area (Å²) in [6, 6.07) is 14.6. The summed E-state index contributed by atoms with van der Waals surface area (Å²) in [5.41, 5.74) is 1.67. The first kappa shape index (κ1) is 20.6. The summed E-state index contributed by atoms with van der Waals surface area (Å²) in [6.07, 6.45) is 7.69. The molecule has 0 unspecified atom stereocenters. The Hall–Kier alpha value is -3.67. The number of benzene rings is 2. The van der Waals surface area contributed by atoms with Crippen LogP contribution in [0.2, 0.25) is 0 Å². The highest BCUT2D eigenvalue weighted by Gasteiger charge is 2.06. The highest BCUT2D eigenvalue weighted by molar-refractivity contribution is 5.87. The minimum absolute atomic E-state index is 0.130. The molecule has 0 bridgehead atoms. The van der Waals surface area contributed by atoms with Crippen LogP contribution in [-0.4, -0.2) is 38.4 Å². The molecule has 0 aromatic heterocycles. The number of rotatable bonds is 11. The van der Waals surface area contributed by atoms with Crippen molar-refractivity contribution in [2.24, 2.45) is 0 Å². The van der Waals surface area contributed by atoms with Gasteiger partial charge in [0.2, 0.25) is 0 Å². The third-order valence-corrected chi connectivity index (χ3v) is 3.43. The summed E-state index contributed by atoms with van der Waals surface area (Å²) >= 11 is 0. The van der Waals surface area contributed by atoms with Crippen molar-refractivity contribution in [3.05, 3.63) is 71.8 Å². The van der Waals surface area contributed by atoms with E-state index in [1.165, 1.54) is 6.08 Å². The van der Waals surface area contributed by atoms with Crippen molar-refractivity contribution < 1.29 is 28.6 Å². The second kappa shape index (κ2) is 11.9. The van der Waals surface area contributed by atoms with Gasteiger partial charge in [-0.3, -0.25) is 9.59 Å². The zero-order valence-corrected chi connectivity index (χ0v) is 15.2. The largest absolute Gasteiger partial charge is 0.482 e. The quantitative estimate of drug-likeness (QED) is 0.339. The topological polar surface area (TPSA) is 78.9 Å². The second-order valence-electron chi connectivity index (χ2n) is 5.44. The van der Waals surface area contributed by atoms with Gasteiger partial charge in [0.1, 0.15) is 19.8 Å². The van der Waals surface area contributed by atoms with Gasteiger partial charge in [0, 0.05) is 6.08 Å². The molecule has 0 saturated carbocycles. The first-order chi connectivity index (χ1) is 13.7. The lowest BCUT2D eigenvalue weighted by molar-refractivity contribution is -0.136. The van der Waals surface area contributed by atoms with Crippen molar-refractivity contribution in [2.45, 2.75) is 0 Å². The van der Waals surface area contributed by atoms with E-state index in [4.69, 9.17) is 14.2 Å². The van der Waals surface area contributed by atoms with E-state index in [1.54, 1.807) is 30.4 Å². The standard InChI is InChI=1S/C22H20O6/c23-12-15-26-20-10-8-19(17-21(20)27-16-13-24)9-11-22(25)28-14-4-7-18-5-2-1-3-6-18/h1-13,17H,14-16H2/b7-4+,11-9+. The zero-order chi connectivity index (χ0) is 20.0. The number of hydrogen-bond acceptors (Lipinski definition) is 6. The molecule has 0 aliphatic carbocycles. The lowest BCUT2D eigenvalue weighted by Gasteiger charge is -2.10. The Bertz CT molecular complexity index is 839. The smallest absolute Gasteiger partial charge is 0.331 e. The monoisotopic (exact) mass is 380 g/mol. The van der Waals surface area contributed by atoms with Gasteiger partial charge < -0.3 is 14.2 Å². The summed E-state index contributed by atoms with van der Waals surface area (Å²) in [5, 5.41) is 0. The van der Waals surface area contributed by atoms with Crippen LogP contribution in [-0.2, 0) is 19.1 Å². The lowest BCUT2D eigenvalue weighted by atomic mass is 10.2. The molecule has 2 aromatic carbocycles. The van der Waals surface area contributed by atoms with Crippen LogP contribution in [0.4, 0.5) is 0 Å². The van der Waals surface area contributed by atoms with Crippen LogP contribution in [0.15, 0.2) is 60.7 Å². The number of esters is 1. The van der Waals surface area contributed by atoms with E-state index < -0.39 is 5.97 Å². The summed E-state index contributed by atoms with van der Waals surface area (Å²) in [7, 11) is 0. The van der Waals surface area contributed by atoms with Crippen LogP contribution >= 0.6 is 0 Å². The summed E-state index contributed by atoms with van der Waals surface area (Å²) in [6.45, 7) is -0.125. The van der Waals surface area contributed by atoms with E-state index in [2.05, 4.69) is 0 Å². The maximum atomic E-state index is 11.8. The molecule has 0 amide bonds.